The Balaban J connectivity index is 1.12. The van der Waals surface area contributed by atoms with Crippen LogP contribution in [-0.4, -0.2) is 81.7 Å². The summed E-state index contributed by atoms with van der Waals surface area (Å²) in [7, 11) is 0. The molecule has 3 saturated heterocycles. The topological polar surface area (TPSA) is 120 Å². The number of aliphatic hydroxyl groups is 1. The molecule has 0 radical (unpaired) electrons. The number of piperidine rings is 1. The van der Waals surface area contributed by atoms with Gasteiger partial charge < -0.3 is 30.1 Å². The molecule has 4 fully saturated rings. The van der Waals surface area contributed by atoms with Crippen LogP contribution in [0.1, 0.15) is 114 Å². The van der Waals surface area contributed by atoms with Gasteiger partial charge in [0.25, 0.3) is 0 Å². The first-order chi connectivity index (χ1) is 28.6. The van der Waals surface area contributed by atoms with Gasteiger partial charge in [0, 0.05) is 42.7 Å². The lowest BCUT2D eigenvalue weighted by atomic mass is 9.75. The van der Waals surface area contributed by atoms with E-state index in [0.29, 0.717) is 29.8 Å². The molecule has 3 N–H and O–H groups in total. The Kier molecular flexibility index (Phi) is 13.4. The van der Waals surface area contributed by atoms with E-state index in [9.17, 15) is 32.7 Å². The highest BCUT2D eigenvalue weighted by molar-refractivity contribution is 5.90. The van der Waals surface area contributed by atoms with E-state index >= 15 is 0 Å². The van der Waals surface area contributed by atoms with E-state index < -0.39 is 30.3 Å². The van der Waals surface area contributed by atoms with E-state index in [-0.39, 0.29) is 61.7 Å². The SMILES string of the molecule is CC1C(CN2C(C(=O)NC(C)(C)C)CCC3CCCCC32)OC(c2ccc(-c3ccccc3CNC(=O)C3CCCN3C(=O)C(F)(F)F)cc2)OC1c1ccc(CO)cc1. The van der Waals surface area contributed by atoms with Crippen LogP contribution in [0.2, 0.25) is 0 Å². The Bertz CT molecular complexity index is 1970. The minimum atomic E-state index is -5.04. The van der Waals surface area contributed by atoms with Crippen molar-refractivity contribution in [2.24, 2.45) is 11.8 Å². The zero-order valence-electron chi connectivity index (χ0n) is 35.0. The number of aliphatic hydroxyl groups excluding tert-OH is 1. The van der Waals surface area contributed by atoms with Crippen LogP contribution in [0, 0.1) is 11.8 Å². The van der Waals surface area contributed by atoms with E-state index in [1.807, 2.05) is 93.6 Å². The number of carbonyl (C=O) groups is 3. The van der Waals surface area contributed by atoms with Gasteiger partial charge in [-0.2, -0.15) is 13.2 Å². The molecule has 13 heteroatoms. The summed E-state index contributed by atoms with van der Waals surface area (Å²) >= 11 is 0. The molecule has 3 amide bonds. The molecule has 1 saturated carbocycles. The van der Waals surface area contributed by atoms with Crippen LogP contribution in [0.5, 0.6) is 0 Å². The monoisotopic (exact) mass is 832 g/mol. The Hall–Kier alpha value is -4.30. The molecule has 8 unspecified atom stereocenters. The van der Waals surface area contributed by atoms with Gasteiger partial charge in [0.2, 0.25) is 11.8 Å². The molecule has 10 nitrogen and oxygen atoms in total. The molecular formula is C47H59F3N4O6. The van der Waals surface area contributed by atoms with Gasteiger partial charge in [0.05, 0.1) is 24.9 Å². The van der Waals surface area contributed by atoms with Gasteiger partial charge >= 0.3 is 12.1 Å². The number of benzene rings is 3. The lowest BCUT2D eigenvalue weighted by Gasteiger charge is -2.51. The van der Waals surface area contributed by atoms with Crippen LogP contribution in [0.15, 0.2) is 72.8 Å². The fraction of sp³-hybridized carbons (Fsp3) is 0.553. The molecule has 3 aliphatic heterocycles. The zero-order valence-corrected chi connectivity index (χ0v) is 35.0. The van der Waals surface area contributed by atoms with Crippen molar-refractivity contribution in [2.45, 2.75) is 141 Å². The highest BCUT2D eigenvalue weighted by atomic mass is 19.4. The first-order valence-corrected chi connectivity index (χ1v) is 21.5. The summed E-state index contributed by atoms with van der Waals surface area (Å²) in [5.74, 6) is -2.07. The number of rotatable bonds is 10. The molecular weight excluding hydrogens is 774 g/mol. The average Bonchev–Trinajstić information content (AvgIpc) is 3.73. The van der Waals surface area contributed by atoms with Crippen LogP contribution in [-0.2, 0) is 37.0 Å². The number of carbonyl (C=O) groups excluding carboxylic acids is 3. The fourth-order valence-corrected chi connectivity index (χ4v) is 9.78. The molecule has 4 aliphatic rings. The maximum absolute atomic E-state index is 13.9. The quantitative estimate of drug-likeness (QED) is 0.191. The Morgan fingerprint density at radius 3 is 2.20 bits per heavy atom. The summed E-state index contributed by atoms with van der Waals surface area (Å²) in [6, 6.07) is 22.0. The molecule has 3 aromatic rings. The Morgan fingerprint density at radius 2 is 1.50 bits per heavy atom. The number of nitrogens with zero attached hydrogens (tertiary/aromatic N) is 2. The molecule has 3 heterocycles. The van der Waals surface area contributed by atoms with Gasteiger partial charge in [-0.25, -0.2) is 0 Å². The van der Waals surface area contributed by atoms with Gasteiger partial charge in [0.1, 0.15) is 6.04 Å². The minimum Gasteiger partial charge on any atom is -0.392 e. The number of fused-ring (bicyclic) bond motifs is 1. The third kappa shape index (κ3) is 9.91. The summed E-state index contributed by atoms with van der Waals surface area (Å²) in [5.41, 5.74) is 4.71. The summed E-state index contributed by atoms with van der Waals surface area (Å²) < 4.78 is 53.4. The largest absolute Gasteiger partial charge is 0.471 e. The predicted molar refractivity (Wildman–Crippen MR) is 221 cm³/mol. The van der Waals surface area contributed by atoms with Gasteiger partial charge in [-0.1, -0.05) is 92.6 Å². The minimum absolute atomic E-state index is 0.0603. The van der Waals surface area contributed by atoms with Crippen LogP contribution < -0.4 is 10.6 Å². The lowest BCUT2D eigenvalue weighted by Crippen LogP contribution is -2.61. The molecule has 8 atom stereocenters. The second-order valence-electron chi connectivity index (χ2n) is 18.1. The van der Waals surface area contributed by atoms with Gasteiger partial charge in [-0.3, -0.25) is 19.3 Å². The standard InChI is InChI=1S/C47H59F3N4O6/c1-29-40(27-54-37-13-8-6-10-32(37)23-24-39(54)43(57)52-46(2,3)4)59-44(60-41(29)33-17-15-30(28-55)16-18-33)34-21-19-31(20-22-34)36-12-7-5-11-35(36)26-51-42(56)38-14-9-25-53(38)45(58)47(48,49)50/h5,7,11-12,15-22,29,32,37-41,44,55H,6,8-10,13-14,23-28H2,1-4H3,(H,51,56)(H,52,57). The third-order valence-corrected chi connectivity index (χ3v) is 12.8. The number of halogens is 3. The molecule has 0 bridgehead atoms. The van der Waals surface area contributed by atoms with Crippen LogP contribution in [0.25, 0.3) is 11.1 Å². The molecule has 0 spiro atoms. The number of hydrogen-bond donors (Lipinski definition) is 3. The van der Waals surface area contributed by atoms with E-state index in [0.717, 1.165) is 59.1 Å². The van der Waals surface area contributed by atoms with E-state index in [4.69, 9.17) is 9.47 Å². The Morgan fingerprint density at radius 1 is 0.800 bits per heavy atom. The molecule has 324 valence electrons. The number of ether oxygens (including phenoxy) is 2. The van der Waals surface area contributed by atoms with E-state index in [2.05, 4.69) is 22.5 Å². The number of alkyl halides is 3. The van der Waals surface area contributed by atoms with Crippen molar-refractivity contribution in [3.8, 4) is 11.1 Å². The first kappa shape index (κ1) is 43.8. The first-order valence-electron chi connectivity index (χ1n) is 21.5. The highest BCUT2D eigenvalue weighted by Crippen LogP contribution is 2.45. The maximum Gasteiger partial charge on any atom is 0.471 e. The van der Waals surface area contributed by atoms with Crippen molar-refractivity contribution in [3.63, 3.8) is 0 Å². The van der Waals surface area contributed by atoms with Crippen molar-refractivity contribution in [1.82, 2.24) is 20.4 Å². The molecule has 3 aromatic carbocycles. The summed E-state index contributed by atoms with van der Waals surface area (Å²) in [5, 5.41) is 15.8. The second-order valence-corrected chi connectivity index (χ2v) is 18.1. The van der Waals surface area contributed by atoms with Crippen LogP contribution >= 0.6 is 0 Å². The summed E-state index contributed by atoms with van der Waals surface area (Å²) in [6.45, 7) is 8.67. The molecule has 1 aliphatic carbocycles. The predicted octanol–water partition coefficient (Wildman–Crippen LogP) is 7.74. The lowest BCUT2D eigenvalue weighted by molar-refractivity contribution is -0.278. The maximum atomic E-state index is 13.9. The van der Waals surface area contributed by atoms with Gasteiger partial charge in [-0.15, -0.1) is 0 Å². The number of nitrogens with one attached hydrogen (secondary N) is 2. The molecule has 60 heavy (non-hydrogen) atoms. The average molecular weight is 833 g/mol. The summed E-state index contributed by atoms with van der Waals surface area (Å²) in [6.07, 6.45) is 0.552. The summed E-state index contributed by atoms with van der Waals surface area (Å²) in [4.78, 5) is 42.1. The van der Waals surface area contributed by atoms with Gasteiger partial charge in [0.15, 0.2) is 6.29 Å². The van der Waals surface area contributed by atoms with E-state index in [1.165, 1.54) is 12.8 Å². The fourth-order valence-electron chi connectivity index (χ4n) is 9.78. The van der Waals surface area contributed by atoms with Crippen LogP contribution in [0.4, 0.5) is 13.2 Å². The highest BCUT2D eigenvalue weighted by Gasteiger charge is 2.48. The van der Waals surface area contributed by atoms with Crippen LogP contribution in [0.3, 0.4) is 0 Å². The number of amides is 3. The zero-order chi connectivity index (χ0) is 42.8. The molecule has 0 aromatic heterocycles. The normalized spacial score (nSPS) is 27.6. The second kappa shape index (κ2) is 18.4. The smallest absolute Gasteiger partial charge is 0.392 e. The van der Waals surface area contributed by atoms with Gasteiger partial charge in [-0.05, 0) is 93.0 Å². The van der Waals surface area contributed by atoms with Crippen molar-refractivity contribution in [3.05, 3.63) is 95.1 Å². The van der Waals surface area contributed by atoms with Crippen molar-refractivity contribution in [2.75, 3.05) is 13.1 Å². The van der Waals surface area contributed by atoms with Crippen molar-refractivity contribution in [1.29, 1.82) is 0 Å². The number of hydrogen-bond acceptors (Lipinski definition) is 7. The third-order valence-electron chi connectivity index (χ3n) is 12.8. The van der Waals surface area contributed by atoms with Crippen molar-refractivity contribution >= 4 is 17.7 Å². The molecule has 7 rings (SSSR count). The number of likely N-dealkylation sites (tertiary alicyclic amines) is 2. The van der Waals surface area contributed by atoms with E-state index in [1.54, 1.807) is 0 Å². The Labute approximate surface area is 351 Å². The van der Waals surface area contributed by atoms with Crippen molar-refractivity contribution < 1.29 is 42.1 Å².